The fourth-order valence-corrected chi connectivity index (χ4v) is 2.44. The van der Waals surface area contributed by atoms with Crippen molar-refractivity contribution in [2.45, 2.75) is 25.7 Å². The summed E-state index contributed by atoms with van der Waals surface area (Å²) in [6.07, 6.45) is 8.74. The lowest BCUT2D eigenvalue weighted by Crippen LogP contribution is -2.24. The van der Waals surface area contributed by atoms with Crippen LogP contribution in [-0.2, 0) is 0 Å². The van der Waals surface area contributed by atoms with Gasteiger partial charge in [0.15, 0.2) is 0 Å². The highest BCUT2D eigenvalue weighted by atomic mass is 35.5. The standard InChI is InChI=1S/C14H18ClN3O/c15-12-9-11(16)5-6-13(12)18-14(19)17-8-7-10-3-1-2-4-10/h5-10H,1-4,16H2,(H2,17,18,19)/b8-7+. The summed E-state index contributed by atoms with van der Waals surface area (Å²) in [5.74, 6) is 0.598. The molecule has 0 heterocycles. The average molecular weight is 280 g/mol. The fourth-order valence-electron chi connectivity index (χ4n) is 2.20. The molecule has 4 N–H and O–H groups in total. The highest BCUT2D eigenvalue weighted by Gasteiger charge is 2.11. The monoisotopic (exact) mass is 279 g/mol. The zero-order valence-electron chi connectivity index (χ0n) is 10.7. The Morgan fingerprint density at radius 2 is 2.11 bits per heavy atom. The van der Waals surface area contributed by atoms with E-state index in [1.165, 1.54) is 25.7 Å². The molecule has 0 unspecified atom stereocenters. The SMILES string of the molecule is Nc1ccc(NC(=O)N/C=C/C2CCCC2)c(Cl)c1. The number of halogens is 1. The number of allylic oxidation sites excluding steroid dienone is 1. The van der Waals surface area contributed by atoms with Crippen LogP contribution in [0.2, 0.25) is 5.02 Å². The molecule has 2 amide bonds. The van der Waals surface area contributed by atoms with E-state index in [4.69, 9.17) is 17.3 Å². The summed E-state index contributed by atoms with van der Waals surface area (Å²) in [7, 11) is 0. The van der Waals surface area contributed by atoms with E-state index in [1.54, 1.807) is 24.4 Å². The van der Waals surface area contributed by atoms with Gasteiger partial charge in [-0.15, -0.1) is 0 Å². The maximum atomic E-state index is 11.7. The topological polar surface area (TPSA) is 67.1 Å². The lowest BCUT2D eigenvalue weighted by Gasteiger charge is -2.07. The van der Waals surface area contributed by atoms with E-state index in [0.717, 1.165) is 0 Å². The molecule has 1 saturated carbocycles. The lowest BCUT2D eigenvalue weighted by molar-refractivity contribution is 0.255. The van der Waals surface area contributed by atoms with Gasteiger partial charge in [0.1, 0.15) is 0 Å². The van der Waals surface area contributed by atoms with Gasteiger partial charge in [-0.1, -0.05) is 30.5 Å². The molecule has 0 radical (unpaired) electrons. The molecule has 0 aliphatic heterocycles. The molecular formula is C14H18ClN3O. The van der Waals surface area contributed by atoms with Crippen LogP contribution in [0.5, 0.6) is 0 Å². The number of rotatable bonds is 3. The third kappa shape index (κ3) is 4.17. The summed E-state index contributed by atoms with van der Waals surface area (Å²) in [6.45, 7) is 0. The van der Waals surface area contributed by atoms with Crippen molar-refractivity contribution in [2.24, 2.45) is 5.92 Å². The smallest absolute Gasteiger partial charge is 0.323 e. The van der Waals surface area contributed by atoms with Crippen molar-refractivity contribution in [3.05, 3.63) is 35.5 Å². The Balaban J connectivity index is 1.83. The van der Waals surface area contributed by atoms with Gasteiger partial charge in [0.05, 0.1) is 10.7 Å². The molecule has 0 saturated heterocycles. The average Bonchev–Trinajstić information content (AvgIpc) is 2.86. The number of urea groups is 1. The molecule has 1 aliphatic carbocycles. The number of hydrogen-bond acceptors (Lipinski definition) is 2. The number of benzene rings is 1. The van der Waals surface area contributed by atoms with E-state index in [1.807, 2.05) is 0 Å². The van der Waals surface area contributed by atoms with Crippen LogP contribution < -0.4 is 16.4 Å². The highest BCUT2D eigenvalue weighted by Crippen LogP contribution is 2.25. The first-order chi connectivity index (χ1) is 9.15. The molecule has 0 spiro atoms. The maximum Gasteiger partial charge on any atom is 0.323 e. The Kier molecular flexibility index (Phi) is 4.68. The van der Waals surface area contributed by atoms with E-state index in [2.05, 4.69) is 16.7 Å². The predicted molar refractivity (Wildman–Crippen MR) is 79.1 cm³/mol. The van der Waals surface area contributed by atoms with Gasteiger partial charge in [0, 0.05) is 11.9 Å². The van der Waals surface area contributed by atoms with Gasteiger partial charge in [-0.2, -0.15) is 0 Å². The third-order valence-corrected chi connectivity index (χ3v) is 3.54. The Hall–Kier alpha value is -1.68. The van der Waals surface area contributed by atoms with Crippen LogP contribution in [-0.4, -0.2) is 6.03 Å². The minimum atomic E-state index is -0.305. The van der Waals surface area contributed by atoms with Gasteiger partial charge >= 0.3 is 6.03 Å². The Labute approximate surface area is 118 Å². The molecule has 1 aliphatic rings. The summed E-state index contributed by atoms with van der Waals surface area (Å²) >= 11 is 5.97. The molecule has 102 valence electrons. The summed E-state index contributed by atoms with van der Waals surface area (Å²) in [5, 5.41) is 5.78. The third-order valence-electron chi connectivity index (χ3n) is 3.22. The van der Waals surface area contributed by atoms with E-state index >= 15 is 0 Å². The number of amides is 2. The maximum absolute atomic E-state index is 11.7. The Morgan fingerprint density at radius 3 is 2.79 bits per heavy atom. The van der Waals surface area contributed by atoms with E-state index in [9.17, 15) is 4.79 Å². The predicted octanol–water partition coefficient (Wildman–Crippen LogP) is 3.75. The van der Waals surface area contributed by atoms with Crippen molar-refractivity contribution in [3.8, 4) is 0 Å². The first-order valence-electron chi connectivity index (χ1n) is 6.44. The number of nitrogens with one attached hydrogen (secondary N) is 2. The number of hydrogen-bond donors (Lipinski definition) is 3. The van der Waals surface area contributed by atoms with Gasteiger partial charge in [-0.25, -0.2) is 4.79 Å². The van der Waals surface area contributed by atoms with Crippen LogP contribution in [0.1, 0.15) is 25.7 Å². The van der Waals surface area contributed by atoms with Gasteiger partial charge in [0.25, 0.3) is 0 Å². The molecule has 0 aromatic heterocycles. The second-order valence-electron chi connectivity index (χ2n) is 4.74. The van der Waals surface area contributed by atoms with Crippen molar-refractivity contribution < 1.29 is 4.79 Å². The van der Waals surface area contributed by atoms with Crippen molar-refractivity contribution in [1.29, 1.82) is 0 Å². The minimum absolute atomic E-state index is 0.305. The van der Waals surface area contributed by atoms with E-state index in [-0.39, 0.29) is 6.03 Å². The van der Waals surface area contributed by atoms with Gasteiger partial charge in [-0.05, 0) is 37.0 Å². The molecule has 19 heavy (non-hydrogen) atoms. The van der Waals surface area contributed by atoms with Crippen LogP contribution >= 0.6 is 11.6 Å². The van der Waals surface area contributed by atoms with Crippen LogP contribution in [0.3, 0.4) is 0 Å². The first kappa shape index (κ1) is 13.7. The summed E-state index contributed by atoms with van der Waals surface area (Å²) in [5.41, 5.74) is 6.70. The minimum Gasteiger partial charge on any atom is -0.399 e. The van der Waals surface area contributed by atoms with Crippen molar-refractivity contribution in [3.63, 3.8) is 0 Å². The van der Waals surface area contributed by atoms with Crippen LogP contribution in [0.15, 0.2) is 30.5 Å². The summed E-state index contributed by atoms with van der Waals surface area (Å²) < 4.78 is 0. The van der Waals surface area contributed by atoms with Crippen molar-refractivity contribution in [1.82, 2.24) is 5.32 Å². The molecule has 0 atom stereocenters. The van der Waals surface area contributed by atoms with E-state index in [0.29, 0.717) is 22.3 Å². The Morgan fingerprint density at radius 1 is 1.37 bits per heavy atom. The zero-order chi connectivity index (χ0) is 13.7. The molecule has 2 rings (SSSR count). The van der Waals surface area contributed by atoms with E-state index < -0.39 is 0 Å². The molecule has 1 aromatic carbocycles. The first-order valence-corrected chi connectivity index (χ1v) is 6.82. The van der Waals surface area contributed by atoms with Gasteiger partial charge in [-0.3, -0.25) is 0 Å². The molecule has 1 fully saturated rings. The number of anilines is 2. The quantitative estimate of drug-likeness (QED) is 0.738. The Bertz CT molecular complexity index is 482. The molecule has 1 aromatic rings. The molecule has 4 nitrogen and oxygen atoms in total. The highest BCUT2D eigenvalue weighted by molar-refractivity contribution is 6.34. The van der Waals surface area contributed by atoms with Crippen LogP contribution in [0, 0.1) is 5.92 Å². The zero-order valence-corrected chi connectivity index (χ0v) is 11.4. The lowest BCUT2D eigenvalue weighted by atomic mass is 10.1. The van der Waals surface area contributed by atoms with Crippen molar-refractivity contribution in [2.75, 3.05) is 11.1 Å². The number of nitrogen functional groups attached to an aromatic ring is 1. The van der Waals surface area contributed by atoms with Crippen molar-refractivity contribution >= 4 is 29.0 Å². The molecular weight excluding hydrogens is 262 g/mol. The summed E-state index contributed by atoms with van der Waals surface area (Å²) in [4.78, 5) is 11.7. The normalized spacial score (nSPS) is 15.8. The number of carbonyl (C=O) groups excluding carboxylic acids is 1. The summed E-state index contributed by atoms with van der Waals surface area (Å²) in [6, 6.07) is 4.67. The fraction of sp³-hybridized carbons (Fsp3) is 0.357. The second-order valence-corrected chi connectivity index (χ2v) is 5.15. The van der Waals surface area contributed by atoms with Gasteiger partial charge < -0.3 is 16.4 Å². The molecule has 5 heteroatoms. The largest absolute Gasteiger partial charge is 0.399 e. The second kappa shape index (κ2) is 6.48. The van der Waals surface area contributed by atoms with Gasteiger partial charge in [0.2, 0.25) is 0 Å². The van der Waals surface area contributed by atoms with Crippen LogP contribution in [0.25, 0.3) is 0 Å². The number of nitrogens with two attached hydrogens (primary N) is 1. The van der Waals surface area contributed by atoms with Crippen LogP contribution in [0.4, 0.5) is 16.2 Å². The number of carbonyl (C=O) groups is 1. The molecule has 0 bridgehead atoms.